The summed E-state index contributed by atoms with van der Waals surface area (Å²) in [4.78, 5) is 0. The Labute approximate surface area is 156 Å². The summed E-state index contributed by atoms with van der Waals surface area (Å²) in [7, 11) is 0. The first-order chi connectivity index (χ1) is 11.6. The van der Waals surface area contributed by atoms with Crippen molar-refractivity contribution in [2.75, 3.05) is 13.2 Å². The fourth-order valence-electron chi connectivity index (χ4n) is 2.29. The van der Waals surface area contributed by atoms with Crippen molar-refractivity contribution >= 4 is 40.5 Å². The highest BCUT2D eigenvalue weighted by Crippen LogP contribution is 2.64. The summed E-state index contributed by atoms with van der Waals surface area (Å²) in [6.45, 7) is 4.85. The van der Waals surface area contributed by atoms with Crippen molar-refractivity contribution in [3.8, 4) is 5.69 Å². The third kappa shape index (κ3) is 4.21. The van der Waals surface area contributed by atoms with E-state index in [1.54, 1.807) is 0 Å². The van der Waals surface area contributed by atoms with Crippen molar-refractivity contribution in [3.63, 3.8) is 0 Å². The zero-order valence-corrected chi connectivity index (χ0v) is 16.8. The number of aromatic nitrogens is 3. The molecule has 0 bridgehead atoms. The molecule has 5 nitrogen and oxygen atoms in total. The molecule has 9 heteroatoms. The molecule has 1 aromatic heterocycles. The number of hydrogen-bond donors (Lipinski definition) is 0. The van der Waals surface area contributed by atoms with Crippen molar-refractivity contribution in [1.29, 1.82) is 0 Å². The van der Waals surface area contributed by atoms with Crippen LogP contribution in [0.25, 0.3) is 5.69 Å². The van der Waals surface area contributed by atoms with Crippen LogP contribution in [0, 0.1) is 0 Å². The molecule has 0 atom stereocenters. The standard InChI is InChI=1S/C15H19ClN3O2PS2/c1-3-20-22(23,21-4-2)24-15-18-17-14(11-5-6-11)19(15)13-9-7-12(16)8-10-13/h7-11H,3-6H2,1-2H3. The van der Waals surface area contributed by atoms with Crippen LogP contribution < -0.4 is 0 Å². The fraction of sp³-hybridized carbons (Fsp3) is 0.467. The molecule has 1 aliphatic rings. The number of hydrogen-bond acceptors (Lipinski definition) is 6. The van der Waals surface area contributed by atoms with E-state index >= 15 is 0 Å². The van der Waals surface area contributed by atoms with Gasteiger partial charge in [-0.05, 0) is 62.8 Å². The molecule has 1 saturated carbocycles. The molecule has 0 radical (unpaired) electrons. The van der Waals surface area contributed by atoms with E-state index in [2.05, 4.69) is 14.8 Å². The molecule has 0 N–H and O–H groups in total. The zero-order valence-electron chi connectivity index (χ0n) is 13.5. The quantitative estimate of drug-likeness (QED) is 0.565. The van der Waals surface area contributed by atoms with Crippen LogP contribution in [0.5, 0.6) is 0 Å². The molecule has 24 heavy (non-hydrogen) atoms. The number of halogens is 1. The Morgan fingerprint density at radius 3 is 2.38 bits per heavy atom. The zero-order chi connectivity index (χ0) is 17.2. The smallest absolute Gasteiger partial charge is 0.255 e. The monoisotopic (exact) mass is 403 g/mol. The Balaban J connectivity index is 1.99. The van der Waals surface area contributed by atoms with Crippen LogP contribution in [-0.4, -0.2) is 28.0 Å². The van der Waals surface area contributed by atoms with Gasteiger partial charge in [-0.1, -0.05) is 11.6 Å². The van der Waals surface area contributed by atoms with E-state index in [9.17, 15) is 0 Å². The Morgan fingerprint density at radius 2 is 1.83 bits per heavy atom. The lowest BCUT2D eigenvalue weighted by atomic mass is 10.3. The molecule has 0 spiro atoms. The summed E-state index contributed by atoms with van der Waals surface area (Å²) < 4.78 is 13.5. The molecule has 2 aromatic rings. The predicted molar refractivity (Wildman–Crippen MR) is 102 cm³/mol. The number of nitrogens with zero attached hydrogens (tertiary/aromatic N) is 3. The lowest BCUT2D eigenvalue weighted by molar-refractivity contribution is 0.280. The van der Waals surface area contributed by atoms with E-state index in [4.69, 9.17) is 32.5 Å². The van der Waals surface area contributed by atoms with Gasteiger partial charge in [0.2, 0.25) is 5.16 Å². The van der Waals surface area contributed by atoms with Gasteiger partial charge in [0, 0.05) is 28.0 Å². The third-order valence-corrected chi connectivity index (χ3v) is 8.60. The predicted octanol–water partition coefficient (Wildman–Crippen LogP) is 5.19. The van der Waals surface area contributed by atoms with E-state index in [1.165, 1.54) is 11.4 Å². The molecule has 1 heterocycles. The number of benzene rings is 1. The van der Waals surface area contributed by atoms with Crippen LogP contribution in [0.4, 0.5) is 0 Å². The Hall–Kier alpha value is -0.430. The van der Waals surface area contributed by atoms with E-state index in [-0.39, 0.29) is 0 Å². The van der Waals surface area contributed by atoms with Gasteiger partial charge in [0.05, 0.1) is 13.2 Å². The molecule has 1 aliphatic carbocycles. The Bertz CT molecular complexity index is 740. The van der Waals surface area contributed by atoms with Gasteiger partial charge in [-0.3, -0.25) is 4.57 Å². The van der Waals surface area contributed by atoms with Gasteiger partial charge >= 0.3 is 0 Å². The number of rotatable bonds is 8. The first-order valence-corrected chi connectivity index (χ1v) is 12.3. The third-order valence-electron chi connectivity index (χ3n) is 3.45. The van der Waals surface area contributed by atoms with E-state index in [1.807, 2.05) is 38.1 Å². The molecule has 0 amide bonds. The second-order valence-corrected chi connectivity index (χ2v) is 11.8. The van der Waals surface area contributed by atoms with Crippen molar-refractivity contribution < 1.29 is 9.05 Å². The average molecular weight is 404 g/mol. The summed E-state index contributed by atoms with van der Waals surface area (Å²) in [5.41, 5.74) is -1.52. The van der Waals surface area contributed by atoms with E-state index in [0.29, 0.717) is 29.3 Å². The average Bonchev–Trinajstić information content (AvgIpc) is 3.31. The lowest BCUT2D eigenvalue weighted by Crippen LogP contribution is -2.02. The molecule has 0 unspecified atom stereocenters. The highest BCUT2D eigenvalue weighted by atomic mass is 35.5. The van der Waals surface area contributed by atoms with Crippen LogP contribution >= 0.6 is 28.7 Å². The molecule has 130 valence electrons. The van der Waals surface area contributed by atoms with E-state index < -0.39 is 5.69 Å². The first-order valence-electron chi connectivity index (χ1n) is 7.86. The summed E-state index contributed by atoms with van der Waals surface area (Å²) in [6, 6.07) is 7.66. The minimum Gasteiger partial charge on any atom is -0.322 e. The van der Waals surface area contributed by atoms with Crippen LogP contribution in [0.2, 0.25) is 5.02 Å². The van der Waals surface area contributed by atoms with Gasteiger partial charge in [-0.2, -0.15) is 0 Å². The van der Waals surface area contributed by atoms with Gasteiger partial charge in [0.1, 0.15) is 5.82 Å². The summed E-state index contributed by atoms with van der Waals surface area (Å²) in [5, 5.41) is 10.2. The minimum atomic E-state index is -2.49. The Kier molecular flexibility index (Phi) is 6.01. The van der Waals surface area contributed by atoms with Crippen molar-refractivity contribution in [2.24, 2.45) is 0 Å². The van der Waals surface area contributed by atoms with Crippen molar-refractivity contribution in [3.05, 3.63) is 35.1 Å². The van der Waals surface area contributed by atoms with Crippen LogP contribution in [-0.2, 0) is 20.9 Å². The van der Waals surface area contributed by atoms with Gasteiger partial charge in [-0.25, -0.2) is 0 Å². The molecule has 3 rings (SSSR count). The maximum atomic E-state index is 6.02. The summed E-state index contributed by atoms with van der Waals surface area (Å²) in [5.74, 6) is 1.42. The lowest BCUT2D eigenvalue weighted by Gasteiger charge is -2.20. The summed E-state index contributed by atoms with van der Waals surface area (Å²) in [6.07, 6.45) is 2.28. The van der Waals surface area contributed by atoms with Crippen LogP contribution in [0.3, 0.4) is 0 Å². The second-order valence-electron chi connectivity index (χ2n) is 5.30. The second kappa shape index (κ2) is 7.85. The first kappa shape index (κ1) is 18.4. The highest BCUT2D eigenvalue weighted by molar-refractivity contribution is 8.67. The van der Waals surface area contributed by atoms with Gasteiger partial charge in [0.15, 0.2) is 0 Å². The molecular formula is C15H19ClN3O2PS2. The maximum absolute atomic E-state index is 6.02. The highest BCUT2D eigenvalue weighted by Gasteiger charge is 2.33. The van der Waals surface area contributed by atoms with Crippen molar-refractivity contribution in [1.82, 2.24) is 14.8 Å². The molecule has 1 aromatic carbocycles. The normalized spacial score (nSPS) is 15.0. The van der Waals surface area contributed by atoms with Crippen LogP contribution in [0.15, 0.2) is 29.4 Å². The Morgan fingerprint density at radius 1 is 1.21 bits per heavy atom. The fourth-order valence-corrected chi connectivity index (χ4v) is 6.92. The molecule has 1 fully saturated rings. The summed E-state index contributed by atoms with van der Waals surface area (Å²) >= 11 is 13.0. The largest absolute Gasteiger partial charge is 0.322 e. The van der Waals surface area contributed by atoms with Gasteiger partial charge < -0.3 is 9.05 Å². The van der Waals surface area contributed by atoms with E-state index in [0.717, 1.165) is 24.4 Å². The molecule has 0 aliphatic heterocycles. The minimum absolute atomic E-state index is 0.458. The maximum Gasteiger partial charge on any atom is 0.255 e. The van der Waals surface area contributed by atoms with Gasteiger partial charge in [0.25, 0.3) is 5.69 Å². The molecule has 0 saturated heterocycles. The van der Waals surface area contributed by atoms with Crippen molar-refractivity contribution in [2.45, 2.75) is 37.8 Å². The SMILES string of the molecule is CCOP(=S)(OCC)Sc1nnc(C2CC2)n1-c1ccc(Cl)cc1. The van der Waals surface area contributed by atoms with Gasteiger partial charge in [-0.15, -0.1) is 10.2 Å². The van der Waals surface area contributed by atoms with Crippen LogP contribution in [0.1, 0.15) is 38.4 Å². The topological polar surface area (TPSA) is 49.2 Å². The molecular weight excluding hydrogens is 385 g/mol.